The molecule has 0 aliphatic heterocycles. The Hall–Kier alpha value is -0.0900. The molecule has 2 atom stereocenters. The summed E-state index contributed by atoms with van der Waals surface area (Å²) >= 11 is 0. The molecule has 0 heterocycles. The molecule has 3 nitrogen and oxygen atoms in total. The van der Waals surface area contributed by atoms with E-state index in [0.717, 1.165) is 25.7 Å². The fourth-order valence-electron chi connectivity index (χ4n) is 2.48. The number of hydrogen-bond donors (Lipinski definition) is 1. The highest BCUT2D eigenvalue weighted by Crippen LogP contribution is 2.33. The summed E-state index contributed by atoms with van der Waals surface area (Å²) in [7, 11) is -2.88. The van der Waals surface area contributed by atoms with Gasteiger partial charge in [0.25, 0.3) is 0 Å². The minimum atomic E-state index is -2.88. The average molecular weight is 248 g/mol. The van der Waals surface area contributed by atoms with Crippen molar-refractivity contribution in [2.75, 3.05) is 12.0 Å². The van der Waals surface area contributed by atoms with Gasteiger partial charge in [0.05, 0.1) is 5.60 Å². The fraction of sp³-hybridized carbons (Fsp3) is 1.00. The van der Waals surface area contributed by atoms with Gasteiger partial charge < -0.3 is 5.11 Å². The van der Waals surface area contributed by atoms with Crippen LogP contribution in [0.1, 0.15) is 51.9 Å². The third kappa shape index (κ3) is 5.30. The summed E-state index contributed by atoms with van der Waals surface area (Å²) in [4.78, 5) is 0. The van der Waals surface area contributed by atoms with E-state index in [9.17, 15) is 13.5 Å². The van der Waals surface area contributed by atoms with Crippen LogP contribution in [0.4, 0.5) is 0 Å². The molecule has 1 aliphatic carbocycles. The van der Waals surface area contributed by atoms with E-state index in [1.807, 2.05) is 0 Å². The standard InChI is InChI=1S/C12H24O3S/c1-11-5-3-7-12(13,9-6-11)8-4-10-16(2,14)15/h11,13H,3-10H2,1-2H3. The summed E-state index contributed by atoms with van der Waals surface area (Å²) < 4.78 is 22.0. The van der Waals surface area contributed by atoms with E-state index in [2.05, 4.69) is 6.92 Å². The molecule has 1 fully saturated rings. The number of rotatable bonds is 4. The molecule has 16 heavy (non-hydrogen) atoms. The van der Waals surface area contributed by atoms with E-state index >= 15 is 0 Å². The van der Waals surface area contributed by atoms with E-state index in [0.29, 0.717) is 18.8 Å². The zero-order valence-electron chi connectivity index (χ0n) is 10.4. The van der Waals surface area contributed by atoms with Crippen LogP contribution in [0.25, 0.3) is 0 Å². The Morgan fingerprint density at radius 1 is 1.31 bits per heavy atom. The van der Waals surface area contributed by atoms with Gasteiger partial charge in [0.15, 0.2) is 0 Å². The molecule has 0 aromatic carbocycles. The molecule has 0 aromatic rings. The summed E-state index contributed by atoms with van der Waals surface area (Å²) in [6.45, 7) is 2.22. The molecule has 1 saturated carbocycles. The van der Waals surface area contributed by atoms with Crippen molar-refractivity contribution >= 4 is 9.84 Å². The molecule has 0 saturated heterocycles. The van der Waals surface area contributed by atoms with Crippen LogP contribution in [0.5, 0.6) is 0 Å². The maximum Gasteiger partial charge on any atom is 0.147 e. The highest BCUT2D eigenvalue weighted by atomic mass is 32.2. The third-order valence-corrected chi connectivity index (χ3v) is 4.63. The second-order valence-corrected chi connectivity index (χ2v) is 7.75. The molecule has 0 aromatic heterocycles. The molecule has 1 rings (SSSR count). The molecule has 0 spiro atoms. The van der Waals surface area contributed by atoms with Crippen molar-refractivity contribution in [3.63, 3.8) is 0 Å². The molecular weight excluding hydrogens is 224 g/mol. The zero-order valence-corrected chi connectivity index (χ0v) is 11.2. The topological polar surface area (TPSA) is 54.4 Å². The Morgan fingerprint density at radius 3 is 2.62 bits per heavy atom. The highest BCUT2D eigenvalue weighted by Gasteiger charge is 2.29. The van der Waals surface area contributed by atoms with Crippen LogP contribution in [0, 0.1) is 5.92 Å². The molecule has 2 unspecified atom stereocenters. The summed E-state index contributed by atoms with van der Waals surface area (Å²) in [5.74, 6) is 0.897. The number of sulfone groups is 1. The second-order valence-electron chi connectivity index (χ2n) is 5.49. The number of hydrogen-bond acceptors (Lipinski definition) is 3. The maximum absolute atomic E-state index is 11.0. The minimum Gasteiger partial charge on any atom is -0.390 e. The minimum absolute atomic E-state index is 0.199. The molecule has 0 radical (unpaired) electrons. The Balaban J connectivity index is 2.39. The SMILES string of the molecule is CC1CCCC(O)(CCCS(C)(=O)=O)CC1. The van der Waals surface area contributed by atoms with Crippen molar-refractivity contribution in [2.45, 2.75) is 57.5 Å². The zero-order chi connectivity index (χ0) is 12.2. The number of aliphatic hydroxyl groups is 1. The fourth-order valence-corrected chi connectivity index (χ4v) is 3.15. The molecule has 0 amide bonds. The van der Waals surface area contributed by atoms with Gasteiger partial charge in [0.1, 0.15) is 9.84 Å². The van der Waals surface area contributed by atoms with Crippen LogP contribution >= 0.6 is 0 Å². The van der Waals surface area contributed by atoms with Crippen LogP contribution in [0.3, 0.4) is 0 Å². The first-order chi connectivity index (χ1) is 7.31. The Bertz CT molecular complexity index is 310. The lowest BCUT2D eigenvalue weighted by molar-refractivity contribution is 0.0151. The van der Waals surface area contributed by atoms with Crippen LogP contribution in [-0.4, -0.2) is 31.1 Å². The monoisotopic (exact) mass is 248 g/mol. The van der Waals surface area contributed by atoms with Gasteiger partial charge in [-0.05, 0) is 38.0 Å². The first kappa shape index (κ1) is 14.0. The van der Waals surface area contributed by atoms with Crippen molar-refractivity contribution in [3.8, 4) is 0 Å². The van der Waals surface area contributed by atoms with Gasteiger partial charge in [0, 0.05) is 12.0 Å². The van der Waals surface area contributed by atoms with Crippen molar-refractivity contribution in [1.29, 1.82) is 0 Å². The largest absolute Gasteiger partial charge is 0.390 e. The van der Waals surface area contributed by atoms with Crippen molar-refractivity contribution in [1.82, 2.24) is 0 Å². The molecule has 4 heteroatoms. The van der Waals surface area contributed by atoms with Gasteiger partial charge in [-0.25, -0.2) is 8.42 Å². The first-order valence-corrected chi connectivity index (χ1v) is 8.27. The van der Waals surface area contributed by atoms with Crippen molar-refractivity contribution < 1.29 is 13.5 Å². The van der Waals surface area contributed by atoms with Crippen LogP contribution < -0.4 is 0 Å². The van der Waals surface area contributed by atoms with Gasteiger partial charge in [-0.2, -0.15) is 0 Å². The second kappa shape index (κ2) is 5.50. The molecule has 0 bridgehead atoms. The van der Waals surface area contributed by atoms with Gasteiger partial charge in [0.2, 0.25) is 0 Å². The average Bonchev–Trinajstić information content (AvgIpc) is 2.27. The van der Waals surface area contributed by atoms with Gasteiger partial charge in [-0.15, -0.1) is 0 Å². The smallest absolute Gasteiger partial charge is 0.147 e. The van der Waals surface area contributed by atoms with Crippen molar-refractivity contribution in [3.05, 3.63) is 0 Å². The van der Waals surface area contributed by atoms with Crippen LogP contribution in [-0.2, 0) is 9.84 Å². The highest BCUT2D eigenvalue weighted by molar-refractivity contribution is 7.90. The summed E-state index contributed by atoms with van der Waals surface area (Å²) in [5.41, 5.74) is -0.602. The summed E-state index contributed by atoms with van der Waals surface area (Å²) in [6.07, 6.45) is 7.46. The van der Waals surface area contributed by atoms with Gasteiger partial charge in [-0.3, -0.25) is 0 Å². The molecule has 1 aliphatic rings. The first-order valence-electron chi connectivity index (χ1n) is 6.21. The van der Waals surface area contributed by atoms with Crippen LogP contribution in [0.2, 0.25) is 0 Å². The molecule has 96 valence electrons. The molecule has 1 N–H and O–H groups in total. The van der Waals surface area contributed by atoms with Gasteiger partial charge >= 0.3 is 0 Å². The van der Waals surface area contributed by atoms with Gasteiger partial charge in [-0.1, -0.05) is 19.8 Å². The normalized spacial score (nSPS) is 32.3. The van der Waals surface area contributed by atoms with E-state index in [1.165, 1.54) is 12.7 Å². The van der Waals surface area contributed by atoms with Crippen LogP contribution in [0.15, 0.2) is 0 Å². The maximum atomic E-state index is 11.0. The lowest BCUT2D eigenvalue weighted by Gasteiger charge is -2.26. The Morgan fingerprint density at radius 2 is 2.00 bits per heavy atom. The lowest BCUT2D eigenvalue weighted by Crippen LogP contribution is -2.28. The summed E-state index contributed by atoms with van der Waals surface area (Å²) in [6, 6.07) is 0. The quantitative estimate of drug-likeness (QED) is 0.776. The van der Waals surface area contributed by atoms with E-state index in [-0.39, 0.29) is 5.75 Å². The van der Waals surface area contributed by atoms with E-state index in [4.69, 9.17) is 0 Å². The van der Waals surface area contributed by atoms with Crippen molar-refractivity contribution in [2.24, 2.45) is 5.92 Å². The van der Waals surface area contributed by atoms with E-state index < -0.39 is 15.4 Å². The summed E-state index contributed by atoms with van der Waals surface area (Å²) in [5, 5.41) is 10.4. The predicted molar refractivity (Wildman–Crippen MR) is 66.1 cm³/mol. The Labute approximate surface area is 99.2 Å². The lowest BCUT2D eigenvalue weighted by atomic mass is 9.89. The predicted octanol–water partition coefficient (Wildman–Crippen LogP) is 2.14. The van der Waals surface area contributed by atoms with E-state index in [1.54, 1.807) is 0 Å². The third-order valence-electron chi connectivity index (χ3n) is 3.60. The molecular formula is C12H24O3S. The Kier molecular flexibility index (Phi) is 4.80.